The zero-order valence-electron chi connectivity index (χ0n) is 17.4. The van der Waals surface area contributed by atoms with Crippen LogP contribution in [0.3, 0.4) is 0 Å². The van der Waals surface area contributed by atoms with Gasteiger partial charge in [0.2, 0.25) is 17.7 Å². The molecule has 28 heavy (non-hydrogen) atoms. The molecule has 0 saturated carbocycles. The molecule has 1 fully saturated rings. The molecule has 0 radical (unpaired) electrons. The van der Waals surface area contributed by atoms with E-state index in [9.17, 15) is 24.3 Å². The molecule has 0 spiro atoms. The summed E-state index contributed by atoms with van der Waals surface area (Å²) in [4.78, 5) is 50.1. The summed E-state index contributed by atoms with van der Waals surface area (Å²) in [5.74, 6) is -2.33. The second kappa shape index (κ2) is 10.4. The van der Waals surface area contributed by atoms with Gasteiger partial charge in [-0.3, -0.25) is 14.4 Å². The molecule has 0 aliphatic carbocycles. The first-order valence-corrected chi connectivity index (χ1v) is 9.85. The van der Waals surface area contributed by atoms with E-state index in [2.05, 4.69) is 10.6 Å². The number of amides is 3. The average molecular weight is 399 g/mol. The molecule has 5 N–H and O–H groups in total. The van der Waals surface area contributed by atoms with E-state index in [0.717, 1.165) is 0 Å². The van der Waals surface area contributed by atoms with Gasteiger partial charge in [0.25, 0.3) is 0 Å². The second-order valence-corrected chi connectivity index (χ2v) is 8.22. The van der Waals surface area contributed by atoms with Crippen molar-refractivity contribution in [2.75, 3.05) is 6.54 Å². The third-order valence-electron chi connectivity index (χ3n) is 4.91. The highest BCUT2D eigenvalue weighted by molar-refractivity contribution is 5.94. The lowest BCUT2D eigenvalue weighted by molar-refractivity contribution is -0.149. The molecule has 1 heterocycles. The molecule has 0 aromatic heterocycles. The first kappa shape index (κ1) is 23.9. The summed E-state index contributed by atoms with van der Waals surface area (Å²) in [5.41, 5.74) is 5.85. The van der Waals surface area contributed by atoms with Gasteiger partial charge in [-0.1, -0.05) is 27.7 Å². The zero-order chi connectivity index (χ0) is 21.6. The fourth-order valence-electron chi connectivity index (χ4n) is 3.19. The summed E-state index contributed by atoms with van der Waals surface area (Å²) in [6, 6.07) is -3.30. The molecular weight excluding hydrogens is 364 g/mol. The van der Waals surface area contributed by atoms with Gasteiger partial charge >= 0.3 is 5.97 Å². The van der Waals surface area contributed by atoms with E-state index < -0.39 is 47.9 Å². The SMILES string of the molecule is CC(C)CC(NC(=O)C(N)C(C)C)C(=O)NC(C)C(=O)N1CCCC1C(=O)O. The summed E-state index contributed by atoms with van der Waals surface area (Å²) >= 11 is 0. The summed E-state index contributed by atoms with van der Waals surface area (Å²) in [6.07, 6.45) is 1.41. The summed E-state index contributed by atoms with van der Waals surface area (Å²) in [5, 5.41) is 14.5. The van der Waals surface area contributed by atoms with Crippen molar-refractivity contribution in [3.63, 3.8) is 0 Å². The van der Waals surface area contributed by atoms with Crippen LogP contribution in [0.2, 0.25) is 0 Å². The highest BCUT2D eigenvalue weighted by atomic mass is 16.4. The zero-order valence-corrected chi connectivity index (χ0v) is 17.4. The number of carboxylic acids is 1. The van der Waals surface area contributed by atoms with Crippen LogP contribution < -0.4 is 16.4 Å². The number of aliphatic carboxylic acids is 1. The predicted molar refractivity (Wildman–Crippen MR) is 104 cm³/mol. The van der Waals surface area contributed by atoms with Gasteiger partial charge in [0.15, 0.2) is 0 Å². The van der Waals surface area contributed by atoms with Gasteiger partial charge in [-0.2, -0.15) is 0 Å². The van der Waals surface area contributed by atoms with Crippen LogP contribution in [0.4, 0.5) is 0 Å². The van der Waals surface area contributed by atoms with Crippen molar-refractivity contribution >= 4 is 23.7 Å². The van der Waals surface area contributed by atoms with Gasteiger partial charge in [-0.05, 0) is 38.0 Å². The molecule has 4 atom stereocenters. The molecule has 1 aliphatic heterocycles. The average Bonchev–Trinajstić information content (AvgIpc) is 3.08. The third-order valence-corrected chi connectivity index (χ3v) is 4.91. The minimum Gasteiger partial charge on any atom is -0.480 e. The van der Waals surface area contributed by atoms with E-state index >= 15 is 0 Å². The molecule has 3 amide bonds. The van der Waals surface area contributed by atoms with Gasteiger partial charge in [-0.25, -0.2) is 4.79 Å². The van der Waals surface area contributed by atoms with E-state index in [1.807, 2.05) is 27.7 Å². The maximum Gasteiger partial charge on any atom is 0.326 e. The number of nitrogens with one attached hydrogen (secondary N) is 2. The van der Waals surface area contributed by atoms with Crippen LogP contribution in [0, 0.1) is 11.8 Å². The molecule has 1 aliphatic rings. The van der Waals surface area contributed by atoms with Crippen LogP contribution in [-0.4, -0.2) is 64.4 Å². The lowest BCUT2D eigenvalue weighted by Crippen LogP contribution is -2.57. The van der Waals surface area contributed by atoms with Crippen LogP contribution in [0.1, 0.15) is 53.9 Å². The van der Waals surface area contributed by atoms with Crippen LogP contribution in [-0.2, 0) is 19.2 Å². The molecule has 1 saturated heterocycles. The van der Waals surface area contributed by atoms with Crippen molar-refractivity contribution in [1.82, 2.24) is 15.5 Å². The van der Waals surface area contributed by atoms with Gasteiger partial charge in [0, 0.05) is 6.54 Å². The van der Waals surface area contributed by atoms with Gasteiger partial charge in [0.05, 0.1) is 6.04 Å². The second-order valence-electron chi connectivity index (χ2n) is 8.22. The van der Waals surface area contributed by atoms with Crippen LogP contribution in [0.15, 0.2) is 0 Å². The number of nitrogens with two attached hydrogens (primary N) is 1. The molecule has 160 valence electrons. The Bertz CT molecular complexity index is 593. The van der Waals surface area contributed by atoms with Crippen molar-refractivity contribution in [3.05, 3.63) is 0 Å². The molecular formula is C19H34N4O5. The van der Waals surface area contributed by atoms with E-state index in [1.54, 1.807) is 0 Å². The predicted octanol–water partition coefficient (Wildman–Crippen LogP) is 0.0809. The van der Waals surface area contributed by atoms with E-state index in [-0.39, 0.29) is 11.8 Å². The molecule has 0 aromatic carbocycles. The summed E-state index contributed by atoms with van der Waals surface area (Å²) in [6.45, 7) is 9.35. The Labute approximate surface area is 166 Å². The molecule has 0 bridgehead atoms. The highest BCUT2D eigenvalue weighted by Crippen LogP contribution is 2.18. The number of hydrogen-bond acceptors (Lipinski definition) is 5. The lowest BCUT2D eigenvalue weighted by Gasteiger charge is -2.28. The largest absolute Gasteiger partial charge is 0.480 e. The minimum absolute atomic E-state index is 0.0774. The van der Waals surface area contributed by atoms with Gasteiger partial charge < -0.3 is 26.4 Å². The topological polar surface area (TPSA) is 142 Å². The smallest absolute Gasteiger partial charge is 0.326 e. The number of carboxylic acid groups (broad SMARTS) is 1. The van der Waals surface area contributed by atoms with E-state index in [4.69, 9.17) is 5.73 Å². The molecule has 0 aromatic rings. The van der Waals surface area contributed by atoms with Crippen molar-refractivity contribution in [2.24, 2.45) is 17.6 Å². The van der Waals surface area contributed by atoms with Crippen molar-refractivity contribution in [2.45, 2.75) is 78.0 Å². The van der Waals surface area contributed by atoms with Crippen LogP contribution in [0.5, 0.6) is 0 Å². The van der Waals surface area contributed by atoms with Crippen LogP contribution >= 0.6 is 0 Å². The van der Waals surface area contributed by atoms with Crippen LogP contribution in [0.25, 0.3) is 0 Å². The maximum atomic E-state index is 12.7. The fraction of sp³-hybridized carbons (Fsp3) is 0.789. The van der Waals surface area contributed by atoms with E-state index in [1.165, 1.54) is 11.8 Å². The first-order valence-electron chi connectivity index (χ1n) is 9.85. The van der Waals surface area contributed by atoms with E-state index in [0.29, 0.717) is 25.8 Å². The third kappa shape index (κ3) is 6.47. The normalized spacial score (nSPS) is 20.0. The number of nitrogens with zero attached hydrogens (tertiary/aromatic N) is 1. The molecule has 1 rings (SSSR count). The Hall–Kier alpha value is -2.16. The molecule has 9 heteroatoms. The Morgan fingerprint density at radius 3 is 2.18 bits per heavy atom. The van der Waals surface area contributed by atoms with Gasteiger partial charge in [-0.15, -0.1) is 0 Å². The highest BCUT2D eigenvalue weighted by Gasteiger charge is 2.37. The number of likely N-dealkylation sites (tertiary alicyclic amines) is 1. The standard InChI is InChI=1S/C19H34N4O5/c1-10(2)9-13(22-17(25)15(20)11(3)4)16(24)21-12(5)18(26)23-8-6-7-14(23)19(27)28/h10-15H,6-9,20H2,1-5H3,(H,21,24)(H,22,25)(H,27,28). The molecule has 9 nitrogen and oxygen atoms in total. The fourth-order valence-corrected chi connectivity index (χ4v) is 3.19. The number of rotatable bonds is 9. The lowest BCUT2D eigenvalue weighted by atomic mass is 10.0. The molecule has 4 unspecified atom stereocenters. The van der Waals surface area contributed by atoms with Gasteiger partial charge in [0.1, 0.15) is 18.1 Å². The first-order chi connectivity index (χ1) is 13.0. The Kier molecular flexibility index (Phi) is 8.87. The summed E-state index contributed by atoms with van der Waals surface area (Å²) in [7, 11) is 0. The Balaban J connectivity index is 2.79. The monoisotopic (exact) mass is 398 g/mol. The van der Waals surface area contributed by atoms with Crippen molar-refractivity contribution in [3.8, 4) is 0 Å². The number of hydrogen-bond donors (Lipinski definition) is 4. The summed E-state index contributed by atoms with van der Waals surface area (Å²) < 4.78 is 0. The number of carbonyl (C=O) groups excluding carboxylic acids is 3. The number of carbonyl (C=O) groups is 4. The minimum atomic E-state index is -1.04. The van der Waals surface area contributed by atoms with Crippen molar-refractivity contribution in [1.29, 1.82) is 0 Å². The van der Waals surface area contributed by atoms with Crippen molar-refractivity contribution < 1.29 is 24.3 Å². The maximum absolute atomic E-state index is 12.7. The quantitative estimate of drug-likeness (QED) is 0.433. The Morgan fingerprint density at radius 1 is 1.07 bits per heavy atom. The Morgan fingerprint density at radius 2 is 1.68 bits per heavy atom.